The van der Waals surface area contributed by atoms with Crippen LogP contribution in [-0.4, -0.2) is 63.7 Å². The van der Waals surface area contributed by atoms with Crippen molar-refractivity contribution in [1.29, 1.82) is 0 Å². The minimum Gasteiger partial charge on any atom is -0.493 e. The molecule has 0 aromatic heterocycles. The number of amides is 2. The molecule has 1 fully saturated rings. The number of carbonyl (C=O) groups is 2. The minimum atomic E-state index is -3.73. The maximum absolute atomic E-state index is 13.7. The van der Waals surface area contributed by atoms with Gasteiger partial charge in [-0.3, -0.25) is 13.8 Å². The van der Waals surface area contributed by atoms with Gasteiger partial charge in [-0.15, -0.1) is 0 Å². The first-order chi connectivity index (χ1) is 16.7. The van der Waals surface area contributed by atoms with E-state index in [1.54, 1.807) is 17.0 Å². The third-order valence-electron chi connectivity index (χ3n) is 6.16. The molecule has 35 heavy (non-hydrogen) atoms. The van der Waals surface area contributed by atoms with Crippen LogP contribution in [0.1, 0.15) is 42.1 Å². The molecule has 9 nitrogen and oxygen atoms in total. The fraction of sp³-hybridized carbons (Fsp3) is 0.440. The van der Waals surface area contributed by atoms with Crippen molar-refractivity contribution < 1.29 is 31.7 Å². The molecule has 0 radical (unpaired) electrons. The Morgan fingerprint density at radius 1 is 1.09 bits per heavy atom. The largest absolute Gasteiger partial charge is 0.493 e. The number of hydrogen-bond donors (Lipinski definition) is 0. The minimum absolute atomic E-state index is 0.0118. The van der Waals surface area contributed by atoms with Crippen molar-refractivity contribution in [1.82, 2.24) is 4.90 Å². The van der Waals surface area contributed by atoms with Crippen molar-refractivity contribution in [3.05, 3.63) is 53.6 Å². The van der Waals surface area contributed by atoms with E-state index >= 15 is 0 Å². The summed E-state index contributed by atoms with van der Waals surface area (Å²) in [4.78, 5) is 30.3. The van der Waals surface area contributed by atoms with Gasteiger partial charge in [-0.2, -0.15) is 8.42 Å². The van der Waals surface area contributed by atoms with E-state index in [1.807, 2.05) is 37.3 Å². The van der Waals surface area contributed by atoms with Gasteiger partial charge in [0.2, 0.25) is 5.91 Å². The molecular formula is C25H30N2O7S. The summed E-state index contributed by atoms with van der Waals surface area (Å²) in [5, 5.41) is 0. The van der Waals surface area contributed by atoms with Crippen molar-refractivity contribution in [2.24, 2.45) is 0 Å². The Morgan fingerprint density at radius 3 is 2.49 bits per heavy atom. The Morgan fingerprint density at radius 2 is 1.83 bits per heavy atom. The zero-order valence-corrected chi connectivity index (χ0v) is 20.9. The van der Waals surface area contributed by atoms with Crippen LogP contribution >= 0.6 is 0 Å². The summed E-state index contributed by atoms with van der Waals surface area (Å²) in [6.45, 7) is 2.75. The van der Waals surface area contributed by atoms with Crippen molar-refractivity contribution in [3.63, 3.8) is 0 Å². The molecule has 0 aliphatic carbocycles. The lowest BCUT2D eigenvalue weighted by molar-refractivity contribution is -0.122. The van der Waals surface area contributed by atoms with Crippen LogP contribution < -0.4 is 14.4 Å². The zero-order chi connectivity index (χ0) is 25.2. The molecule has 2 aromatic carbocycles. The monoisotopic (exact) mass is 502 g/mol. The second-order valence-corrected chi connectivity index (χ2v) is 10.4. The molecule has 2 aliphatic rings. The fourth-order valence-corrected chi connectivity index (χ4v) is 5.16. The van der Waals surface area contributed by atoms with Gasteiger partial charge in [-0.25, -0.2) is 0 Å². The van der Waals surface area contributed by atoms with Crippen LogP contribution in [0.4, 0.5) is 5.69 Å². The third-order valence-corrected chi connectivity index (χ3v) is 6.78. The molecule has 2 heterocycles. The first kappa shape index (κ1) is 25.0. The molecule has 2 atom stereocenters. The molecule has 0 spiro atoms. The zero-order valence-electron chi connectivity index (χ0n) is 20.1. The normalized spacial score (nSPS) is 19.9. The molecule has 0 N–H and O–H groups in total. The Labute approximate surface area is 205 Å². The molecule has 0 bridgehead atoms. The number of carbonyl (C=O) groups excluding carboxylic acids is 2. The maximum atomic E-state index is 13.7. The van der Waals surface area contributed by atoms with Gasteiger partial charge in [-0.1, -0.05) is 43.7 Å². The topological polar surface area (TPSA) is 102 Å². The van der Waals surface area contributed by atoms with Gasteiger partial charge in [0.1, 0.15) is 12.6 Å². The number of ether oxygens (including phenoxy) is 2. The first-order valence-electron chi connectivity index (χ1n) is 11.6. The first-order valence-corrected chi connectivity index (χ1v) is 13.4. The van der Waals surface area contributed by atoms with E-state index in [0.29, 0.717) is 35.9 Å². The van der Waals surface area contributed by atoms with Gasteiger partial charge in [0.05, 0.1) is 30.7 Å². The Bertz CT molecular complexity index is 1200. The summed E-state index contributed by atoms with van der Waals surface area (Å²) in [7, 11) is -2.23. The Kier molecular flexibility index (Phi) is 7.32. The lowest BCUT2D eigenvalue weighted by Gasteiger charge is -2.26. The van der Waals surface area contributed by atoms with Crippen LogP contribution in [0.5, 0.6) is 11.5 Å². The van der Waals surface area contributed by atoms with Crippen LogP contribution in [0.25, 0.3) is 0 Å². The molecule has 4 rings (SSSR count). The van der Waals surface area contributed by atoms with Gasteiger partial charge in [0.25, 0.3) is 16.0 Å². The van der Waals surface area contributed by atoms with Crippen LogP contribution in [0.15, 0.2) is 42.5 Å². The fourth-order valence-electron chi connectivity index (χ4n) is 4.52. The highest BCUT2D eigenvalue weighted by Gasteiger charge is 2.47. The maximum Gasteiger partial charge on any atom is 0.264 e. The molecule has 1 saturated heterocycles. The number of methoxy groups -OCH3 is 1. The van der Waals surface area contributed by atoms with Gasteiger partial charge in [0.15, 0.2) is 11.5 Å². The van der Waals surface area contributed by atoms with E-state index in [1.165, 1.54) is 12.0 Å². The lowest BCUT2D eigenvalue weighted by Crippen LogP contribution is -2.45. The predicted octanol–water partition coefficient (Wildman–Crippen LogP) is 2.98. The molecule has 0 saturated carbocycles. The third kappa shape index (κ3) is 5.43. The molecule has 0 unspecified atom stereocenters. The van der Waals surface area contributed by atoms with E-state index in [-0.39, 0.29) is 24.8 Å². The van der Waals surface area contributed by atoms with Gasteiger partial charge >= 0.3 is 0 Å². The van der Waals surface area contributed by atoms with E-state index in [0.717, 1.165) is 24.7 Å². The number of benzene rings is 2. The SMILES string of the molecule is CCCCN1C(=O)[C@@H]2C[C@@H](OS(C)(=O)=O)CN2C(=O)c2cc(OC)c(OCc3ccccc3)cc21. The predicted molar refractivity (Wildman–Crippen MR) is 130 cm³/mol. The van der Waals surface area contributed by atoms with Crippen LogP contribution in [0, 0.1) is 0 Å². The lowest BCUT2D eigenvalue weighted by atomic mass is 10.1. The molecule has 2 aromatic rings. The van der Waals surface area contributed by atoms with Crippen LogP contribution in [-0.2, 0) is 25.7 Å². The smallest absolute Gasteiger partial charge is 0.264 e. The number of nitrogens with zero attached hydrogens (tertiary/aromatic N) is 2. The Hall–Kier alpha value is -3.11. The van der Waals surface area contributed by atoms with Crippen molar-refractivity contribution in [3.8, 4) is 11.5 Å². The van der Waals surface area contributed by atoms with Crippen LogP contribution in [0.2, 0.25) is 0 Å². The van der Waals surface area contributed by atoms with E-state index in [2.05, 4.69) is 0 Å². The van der Waals surface area contributed by atoms with Crippen molar-refractivity contribution >= 4 is 27.6 Å². The average molecular weight is 503 g/mol. The molecule has 2 aliphatic heterocycles. The second kappa shape index (κ2) is 10.2. The van der Waals surface area contributed by atoms with Crippen molar-refractivity contribution in [2.45, 2.75) is 44.9 Å². The number of fused-ring (bicyclic) bond motifs is 2. The average Bonchev–Trinajstić information content (AvgIpc) is 3.22. The number of rotatable bonds is 9. The van der Waals surface area contributed by atoms with E-state index in [4.69, 9.17) is 13.7 Å². The van der Waals surface area contributed by atoms with Gasteiger partial charge in [-0.05, 0) is 18.1 Å². The number of anilines is 1. The molecule has 2 amide bonds. The Balaban J connectivity index is 1.72. The molecular weight excluding hydrogens is 472 g/mol. The van der Waals surface area contributed by atoms with Gasteiger partial charge < -0.3 is 19.3 Å². The summed E-state index contributed by atoms with van der Waals surface area (Å²) >= 11 is 0. The molecule has 188 valence electrons. The summed E-state index contributed by atoms with van der Waals surface area (Å²) in [5.74, 6) is 0.171. The highest BCUT2D eigenvalue weighted by atomic mass is 32.2. The highest BCUT2D eigenvalue weighted by molar-refractivity contribution is 7.86. The van der Waals surface area contributed by atoms with Crippen molar-refractivity contribution in [2.75, 3.05) is 31.4 Å². The molecule has 10 heteroatoms. The summed E-state index contributed by atoms with van der Waals surface area (Å²) < 4.78 is 40.0. The summed E-state index contributed by atoms with van der Waals surface area (Å²) in [5.41, 5.74) is 1.74. The quantitative estimate of drug-likeness (QED) is 0.486. The van der Waals surface area contributed by atoms with E-state index in [9.17, 15) is 18.0 Å². The number of hydrogen-bond acceptors (Lipinski definition) is 7. The number of unbranched alkanes of at least 4 members (excludes halogenated alkanes) is 1. The van der Waals surface area contributed by atoms with E-state index < -0.39 is 22.3 Å². The second-order valence-electron chi connectivity index (χ2n) is 8.77. The summed E-state index contributed by atoms with van der Waals surface area (Å²) in [6.07, 6.45) is 1.90. The van der Waals surface area contributed by atoms with Crippen LogP contribution in [0.3, 0.4) is 0 Å². The standard InChI is InChI=1S/C25H30N2O7S/c1-4-5-11-26-20-14-23(33-16-17-9-7-6-8-10-17)22(32-2)13-19(20)24(28)27-15-18(34-35(3,30)31)12-21(27)25(26)29/h6-10,13-14,18,21H,4-5,11-12,15-16H2,1-3H3/t18-,21+/m1/s1. The highest BCUT2D eigenvalue weighted by Crippen LogP contribution is 2.40. The summed E-state index contributed by atoms with van der Waals surface area (Å²) in [6, 6.07) is 12.1. The van der Waals surface area contributed by atoms with Gasteiger partial charge in [0, 0.05) is 25.6 Å².